The van der Waals surface area contributed by atoms with Gasteiger partial charge in [0.25, 0.3) is 0 Å². The van der Waals surface area contributed by atoms with Crippen molar-refractivity contribution in [3.8, 4) is 0 Å². The lowest BCUT2D eigenvalue weighted by Crippen LogP contribution is -2.36. The molecule has 1 aromatic carbocycles. The van der Waals surface area contributed by atoms with Gasteiger partial charge in [0.05, 0.1) is 5.02 Å². The van der Waals surface area contributed by atoms with Crippen molar-refractivity contribution >= 4 is 21.6 Å². The summed E-state index contributed by atoms with van der Waals surface area (Å²) in [6.45, 7) is 3.38. The number of benzene rings is 1. The maximum Gasteiger partial charge on any atom is 0.242 e. The Labute approximate surface area is 106 Å². The van der Waals surface area contributed by atoms with Gasteiger partial charge in [0.1, 0.15) is 4.90 Å². The zero-order chi connectivity index (χ0) is 12.5. The quantitative estimate of drug-likeness (QED) is 0.873. The number of nitrogens with one attached hydrogen (secondary N) is 2. The summed E-state index contributed by atoms with van der Waals surface area (Å²) in [5, 5.41) is 3.38. The summed E-state index contributed by atoms with van der Waals surface area (Å²) in [5.41, 5.74) is 0.941. The standard InChI is InChI=1S/C11H15ClN2O2S/c1-8-2-3-11(10(12)6-8)17(15,16)14-9-4-5-13-7-9/h2-3,6,9,13-14H,4-5,7H2,1H3/t9-/m1/s1. The molecule has 1 aromatic rings. The minimum atomic E-state index is -3.51. The molecule has 0 radical (unpaired) electrons. The first kappa shape index (κ1) is 12.8. The molecule has 4 nitrogen and oxygen atoms in total. The lowest BCUT2D eigenvalue weighted by atomic mass is 10.2. The van der Waals surface area contributed by atoms with Crippen LogP contribution in [0.15, 0.2) is 23.1 Å². The highest BCUT2D eigenvalue weighted by Crippen LogP contribution is 2.22. The summed E-state index contributed by atoms with van der Waals surface area (Å²) < 4.78 is 26.9. The van der Waals surface area contributed by atoms with E-state index >= 15 is 0 Å². The first-order valence-electron chi connectivity index (χ1n) is 5.48. The Hall–Kier alpha value is -0.620. The van der Waals surface area contributed by atoms with Gasteiger partial charge in [-0.25, -0.2) is 13.1 Å². The van der Waals surface area contributed by atoms with Crippen LogP contribution in [-0.2, 0) is 10.0 Å². The van der Waals surface area contributed by atoms with Gasteiger partial charge in [-0.15, -0.1) is 0 Å². The van der Waals surface area contributed by atoms with E-state index in [-0.39, 0.29) is 16.0 Å². The molecule has 2 rings (SSSR count). The normalized spacial score (nSPS) is 20.7. The van der Waals surface area contributed by atoms with Crippen molar-refractivity contribution in [2.45, 2.75) is 24.3 Å². The van der Waals surface area contributed by atoms with Crippen molar-refractivity contribution in [2.75, 3.05) is 13.1 Å². The second kappa shape index (κ2) is 4.94. The van der Waals surface area contributed by atoms with Crippen LogP contribution < -0.4 is 10.0 Å². The summed E-state index contributed by atoms with van der Waals surface area (Å²) in [4.78, 5) is 0.150. The molecule has 2 N–H and O–H groups in total. The van der Waals surface area contributed by atoms with Crippen LogP contribution in [0.5, 0.6) is 0 Å². The summed E-state index contributed by atoms with van der Waals surface area (Å²) in [5.74, 6) is 0. The van der Waals surface area contributed by atoms with Crippen molar-refractivity contribution in [1.29, 1.82) is 0 Å². The molecular weight excluding hydrogens is 260 g/mol. The van der Waals surface area contributed by atoms with Crippen LogP contribution >= 0.6 is 11.6 Å². The highest BCUT2D eigenvalue weighted by atomic mass is 35.5. The summed E-state index contributed by atoms with van der Waals surface area (Å²) in [6, 6.07) is 4.90. The van der Waals surface area contributed by atoms with Crippen LogP contribution in [-0.4, -0.2) is 27.5 Å². The summed E-state index contributed by atoms with van der Waals surface area (Å²) in [6.07, 6.45) is 0.808. The molecule has 94 valence electrons. The van der Waals surface area contributed by atoms with Crippen molar-refractivity contribution < 1.29 is 8.42 Å². The predicted octanol–water partition coefficient (Wildman–Crippen LogP) is 1.29. The lowest BCUT2D eigenvalue weighted by Gasteiger charge is -2.13. The van der Waals surface area contributed by atoms with Gasteiger partial charge in [-0.05, 0) is 37.6 Å². The molecule has 1 atom stereocenters. The molecule has 0 unspecified atom stereocenters. The molecule has 0 saturated carbocycles. The van der Waals surface area contributed by atoms with E-state index in [1.54, 1.807) is 18.2 Å². The fourth-order valence-corrected chi connectivity index (χ4v) is 3.73. The average molecular weight is 275 g/mol. The largest absolute Gasteiger partial charge is 0.315 e. The minimum Gasteiger partial charge on any atom is -0.315 e. The van der Waals surface area contributed by atoms with Gasteiger partial charge in [0.2, 0.25) is 10.0 Å². The van der Waals surface area contributed by atoms with Crippen LogP contribution in [0.4, 0.5) is 0 Å². The van der Waals surface area contributed by atoms with E-state index in [4.69, 9.17) is 11.6 Å². The molecule has 0 amide bonds. The van der Waals surface area contributed by atoms with Crippen molar-refractivity contribution in [3.05, 3.63) is 28.8 Å². The van der Waals surface area contributed by atoms with E-state index in [0.717, 1.165) is 18.5 Å². The number of hydrogen-bond donors (Lipinski definition) is 2. The lowest BCUT2D eigenvalue weighted by molar-refractivity contribution is 0.560. The fraction of sp³-hybridized carbons (Fsp3) is 0.455. The first-order chi connectivity index (χ1) is 7.99. The number of sulfonamides is 1. The highest BCUT2D eigenvalue weighted by Gasteiger charge is 2.24. The fourth-order valence-electron chi connectivity index (χ4n) is 1.86. The molecule has 6 heteroatoms. The van der Waals surface area contributed by atoms with Gasteiger partial charge in [-0.1, -0.05) is 17.7 Å². The van der Waals surface area contributed by atoms with Crippen LogP contribution in [0.3, 0.4) is 0 Å². The second-order valence-corrected chi connectivity index (χ2v) is 6.33. The van der Waals surface area contributed by atoms with Gasteiger partial charge < -0.3 is 5.32 Å². The third-order valence-corrected chi connectivity index (χ3v) is 4.76. The SMILES string of the molecule is Cc1ccc(S(=O)(=O)N[C@@H]2CCNC2)c(Cl)c1. The van der Waals surface area contributed by atoms with Crippen LogP contribution in [0.25, 0.3) is 0 Å². The number of halogens is 1. The Morgan fingerprint density at radius 2 is 2.24 bits per heavy atom. The molecule has 0 spiro atoms. The van der Waals surface area contributed by atoms with E-state index in [9.17, 15) is 8.42 Å². The van der Waals surface area contributed by atoms with Gasteiger partial charge in [0, 0.05) is 12.6 Å². The van der Waals surface area contributed by atoms with E-state index in [0.29, 0.717) is 6.54 Å². The van der Waals surface area contributed by atoms with E-state index < -0.39 is 10.0 Å². The molecule has 1 aliphatic rings. The number of hydrogen-bond acceptors (Lipinski definition) is 3. The van der Waals surface area contributed by atoms with Crippen LogP contribution in [0, 0.1) is 6.92 Å². The Bertz CT molecular complexity index is 510. The van der Waals surface area contributed by atoms with Gasteiger partial charge >= 0.3 is 0 Å². The topological polar surface area (TPSA) is 58.2 Å². The van der Waals surface area contributed by atoms with Gasteiger partial charge in [0.15, 0.2) is 0 Å². The third-order valence-electron chi connectivity index (χ3n) is 2.76. The second-order valence-electron chi connectivity index (χ2n) is 4.24. The maximum atomic E-state index is 12.1. The Morgan fingerprint density at radius 3 is 2.82 bits per heavy atom. The minimum absolute atomic E-state index is 0.0441. The number of rotatable bonds is 3. The molecule has 0 aromatic heterocycles. The van der Waals surface area contributed by atoms with E-state index in [2.05, 4.69) is 10.0 Å². The maximum absolute atomic E-state index is 12.1. The zero-order valence-electron chi connectivity index (χ0n) is 9.53. The van der Waals surface area contributed by atoms with E-state index in [1.807, 2.05) is 6.92 Å². The Balaban J connectivity index is 2.24. The highest BCUT2D eigenvalue weighted by molar-refractivity contribution is 7.89. The Kier molecular flexibility index (Phi) is 3.73. The number of aryl methyl sites for hydroxylation is 1. The van der Waals surface area contributed by atoms with Crippen molar-refractivity contribution in [3.63, 3.8) is 0 Å². The monoisotopic (exact) mass is 274 g/mol. The molecule has 0 aliphatic carbocycles. The average Bonchev–Trinajstić information content (AvgIpc) is 2.68. The molecule has 1 heterocycles. The van der Waals surface area contributed by atoms with Crippen molar-refractivity contribution in [2.24, 2.45) is 0 Å². The van der Waals surface area contributed by atoms with Crippen molar-refractivity contribution in [1.82, 2.24) is 10.0 Å². The van der Waals surface area contributed by atoms with Gasteiger partial charge in [-0.2, -0.15) is 0 Å². The van der Waals surface area contributed by atoms with Crippen LogP contribution in [0.1, 0.15) is 12.0 Å². The summed E-state index contributed by atoms with van der Waals surface area (Å²) >= 11 is 5.96. The molecular formula is C11H15ClN2O2S. The smallest absolute Gasteiger partial charge is 0.242 e. The van der Waals surface area contributed by atoms with Gasteiger partial charge in [-0.3, -0.25) is 0 Å². The molecule has 17 heavy (non-hydrogen) atoms. The predicted molar refractivity (Wildman–Crippen MR) is 67.8 cm³/mol. The molecule has 0 bridgehead atoms. The zero-order valence-corrected chi connectivity index (χ0v) is 11.1. The van der Waals surface area contributed by atoms with E-state index in [1.165, 1.54) is 0 Å². The molecule has 1 saturated heterocycles. The van der Waals surface area contributed by atoms with Crippen LogP contribution in [0.2, 0.25) is 5.02 Å². The molecule has 1 fully saturated rings. The third kappa shape index (κ3) is 2.98. The first-order valence-corrected chi connectivity index (χ1v) is 7.34. The Morgan fingerprint density at radius 1 is 1.47 bits per heavy atom. The molecule has 1 aliphatic heterocycles. The summed E-state index contributed by atoms with van der Waals surface area (Å²) in [7, 11) is -3.51.